The number of rotatable bonds is 7. The average molecular weight is 405 g/mol. The lowest BCUT2D eigenvalue weighted by Gasteiger charge is -2.19. The van der Waals surface area contributed by atoms with Crippen LogP contribution in [0.3, 0.4) is 0 Å². The van der Waals surface area contributed by atoms with Crippen LogP contribution in [0.2, 0.25) is 0 Å². The number of nitrogens with zero attached hydrogens (tertiary/aromatic N) is 3. The Kier molecular flexibility index (Phi) is 6.72. The van der Waals surface area contributed by atoms with E-state index < -0.39 is 18.5 Å². The third-order valence-corrected chi connectivity index (χ3v) is 5.14. The molecule has 1 aromatic heterocycles. The molecule has 3 rings (SSSR count). The summed E-state index contributed by atoms with van der Waals surface area (Å²) in [4.78, 5) is 30.3. The van der Waals surface area contributed by atoms with Gasteiger partial charge in [0.1, 0.15) is 11.6 Å². The highest BCUT2D eigenvalue weighted by atomic mass is 32.1. The van der Waals surface area contributed by atoms with E-state index in [4.69, 9.17) is 10.00 Å². The first-order chi connectivity index (χ1) is 14.1. The molecule has 146 valence electrons. The molecule has 0 N–H and O–H groups in total. The largest absolute Gasteiger partial charge is 0.451 e. The van der Waals surface area contributed by atoms with Crippen LogP contribution in [0.4, 0.5) is 5.69 Å². The number of ether oxygens (including phenoxy) is 1. The molecule has 7 heteroatoms. The van der Waals surface area contributed by atoms with Crippen LogP contribution in [0.1, 0.15) is 23.0 Å². The van der Waals surface area contributed by atoms with Crippen LogP contribution in [0, 0.1) is 11.3 Å². The Hall–Kier alpha value is -3.50. The van der Waals surface area contributed by atoms with E-state index in [1.54, 1.807) is 29.6 Å². The van der Waals surface area contributed by atoms with Gasteiger partial charge in [0, 0.05) is 16.6 Å². The number of carbonyl (C=O) groups excluding carboxylic acids is 2. The predicted molar refractivity (Wildman–Crippen MR) is 112 cm³/mol. The lowest BCUT2D eigenvalue weighted by Crippen LogP contribution is -2.35. The Bertz CT molecular complexity index is 1020. The number of esters is 1. The molecule has 0 unspecified atom stereocenters. The molecule has 1 heterocycles. The Morgan fingerprint density at radius 3 is 2.52 bits per heavy atom. The summed E-state index contributed by atoms with van der Waals surface area (Å²) in [7, 11) is 0. The molecule has 29 heavy (non-hydrogen) atoms. The van der Waals surface area contributed by atoms with Gasteiger partial charge in [0.15, 0.2) is 12.3 Å². The van der Waals surface area contributed by atoms with Gasteiger partial charge in [0.2, 0.25) is 0 Å². The van der Waals surface area contributed by atoms with Crippen LogP contribution in [0.25, 0.3) is 10.6 Å². The van der Waals surface area contributed by atoms with Crippen molar-refractivity contribution in [3.63, 3.8) is 0 Å². The molecule has 0 saturated carbocycles. The Morgan fingerprint density at radius 1 is 1.14 bits per heavy atom. The highest BCUT2D eigenvalue weighted by molar-refractivity contribution is 7.13. The zero-order valence-electron chi connectivity index (χ0n) is 15.9. The number of aromatic nitrogens is 1. The van der Waals surface area contributed by atoms with Crippen molar-refractivity contribution in [3.05, 3.63) is 71.2 Å². The molecule has 0 fully saturated rings. The summed E-state index contributed by atoms with van der Waals surface area (Å²) in [5.41, 5.74) is 2.88. The Balaban J connectivity index is 1.63. The van der Waals surface area contributed by atoms with Gasteiger partial charge >= 0.3 is 5.97 Å². The minimum absolute atomic E-state index is 0.130. The number of para-hydroxylation sites is 1. The van der Waals surface area contributed by atoms with Crippen molar-refractivity contribution in [2.24, 2.45) is 0 Å². The zero-order valence-corrected chi connectivity index (χ0v) is 16.7. The summed E-state index contributed by atoms with van der Waals surface area (Å²) in [5, 5.41) is 11.3. The van der Waals surface area contributed by atoms with Crippen molar-refractivity contribution in [3.8, 4) is 16.6 Å². The van der Waals surface area contributed by atoms with Crippen LogP contribution in [-0.4, -0.2) is 30.0 Å². The molecule has 0 bridgehead atoms. The first kappa shape index (κ1) is 20.2. The molecule has 0 aliphatic heterocycles. The minimum atomic E-state index is -0.670. The molecular formula is C22H19N3O3S. The van der Waals surface area contributed by atoms with Crippen LogP contribution >= 0.6 is 11.3 Å². The summed E-state index contributed by atoms with van der Waals surface area (Å²) in [6.07, 6.45) is 0.954. The standard InChI is InChI=1S/C22H19N3O3S/c1-2-16-8-10-17(11-9-16)21-24-19(15-29-21)22(27)28-14-20(26)25(13-12-23)18-6-4-3-5-7-18/h3-11,15H,2,13-14H2,1H3. The van der Waals surface area contributed by atoms with Crippen LogP contribution in [0.15, 0.2) is 60.0 Å². The number of nitriles is 1. The van der Waals surface area contributed by atoms with Gasteiger partial charge in [-0.25, -0.2) is 9.78 Å². The molecule has 0 aliphatic carbocycles. The fourth-order valence-corrected chi connectivity index (χ4v) is 3.46. The molecule has 0 aliphatic rings. The summed E-state index contributed by atoms with van der Waals surface area (Å²) in [6, 6.07) is 18.7. The zero-order chi connectivity index (χ0) is 20.6. The molecular weight excluding hydrogens is 386 g/mol. The number of hydrogen-bond donors (Lipinski definition) is 0. The van der Waals surface area contributed by atoms with Crippen LogP contribution < -0.4 is 4.90 Å². The summed E-state index contributed by atoms with van der Waals surface area (Å²) >= 11 is 1.34. The summed E-state index contributed by atoms with van der Waals surface area (Å²) in [6.45, 7) is 1.49. The smallest absolute Gasteiger partial charge is 0.358 e. The fraction of sp³-hybridized carbons (Fsp3) is 0.182. The number of aryl methyl sites for hydroxylation is 1. The normalized spacial score (nSPS) is 10.2. The second-order valence-corrected chi connectivity index (χ2v) is 7.00. The number of benzene rings is 2. The fourth-order valence-electron chi connectivity index (χ4n) is 2.66. The molecule has 0 saturated heterocycles. The van der Waals surface area contributed by atoms with E-state index >= 15 is 0 Å². The predicted octanol–water partition coefficient (Wildman–Crippen LogP) is 4.09. The molecule has 0 atom stereocenters. The van der Waals surface area contributed by atoms with Gasteiger partial charge in [-0.2, -0.15) is 5.26 Å². The molecule has 2 aromatic carbocycles. The molecule has 6 nitrogen and oxygen atoms in total. The Labute approximate surface area is 173 Å². The van der Waals surface area contributed by atoms with Gasteiger partial charge < -0.3 is 4.74 Å². The highest BCUT2D eigenvalue weighted by Gasteiger charge is 2.19. The maximum atomic E-state index is 12.4. The number of thiazole rings is 1. The van der Waals surface area contributed by atoms with E-state index in [1.807, 2.05) is 36.4 Å². The molecule has 3 aromatic rings. The van der Waals surface area contributed by atoms with Gasteiger partial charge in [0.25, 0.3) is 5.91 Å². The SMILES string of the molecule is CCc1ccc(-c2nc(C(=O)OCC(=O)N(CC#N)c3ccccc3)cs2)cc1. The van der Waals surface area contributed by atoms with Crippen molar-refractivity contribution >= 4 is 28.9 Å². The van der Waals surface area contributed by atoms with E-state index in [2.05, 4.69) is 11.9 Å². The minimum Gasteiger partial charge on any atom is -0.451 e. The number of hydrogen-bond acceptors (Lipinski definition) is 6. The molecule has 0 spiro atoms. The third-order valence-electron chi connectivity index (χ3n) is 4.25. The van der Waals surface area contributed by atoms with Crippen molar-refractivity contribution in [2.45, 2.75) is 13.3 Å². The monoisotopic (exact) mass is 405 g/mol. The van der Waals surface area contributed by atoms with Gasteiger partial charge in [-0.3, -0.25) is 9.69 Å². The van der Waals surface area contributed by atoms with E-state index in [1.165, 1.54) is 21.8 Å². The summed E-state index contributed by atoms with van der Waals surface area (Å²) in [5.74, 6) is -1.15. The number of carbonyl (C=O) groups is 2. The van der Waals surface area contributed by atoms with E-state index in [9.17, 15) is 9.59 Å². The van der Waals surface area contributed by atoms with E-state index in [0.717, 1.165) is 12.0 Å². The first-order valence-electron chi connectivity index (χ1n) is 9.06. The first-order valence-corrected chi connectivity index (χ1v) is 9.94. The van der Waals surface area contributed by atoms with E-state index in [0.29, 0.717) is 10.7 Å². The van der Waals surface area contributed by atoms with Gasteiger partial charge in [0.05, 0.1) is 6.07 Å². The maximum absolute atomic E-state index is 12.4. The van der Waals surface area contributed by atoms with Crippen LogP contribution in [0.5, 0.6) is 0 Å². The second kappa shape index (κ2) is 9.62. The number of anilines is 1. The van der Waals surface area contributed by atoms with Crippen molar-refractivity contribution < 1.29 is 14.3 Å². The maximum Gasteiger partial charge on any atom is 0.358 e. The van der Waals surface area contributed by atoms with Crippen molar-refractivity contribution in [1.82, 2.24) is 4.98 Å². The average Bonchev–Trinajstić information content (AvgIpc) is 3.26. The molecule has 0 radical (unpaired) electrons. The van der Waals surface area contributed by atoms with E-state index in [-0.39, 0.29) is 12.2 Å². The van der Waals surface area contributed by atoms with Crippen molar-refractivity contribution in [1.29, 1.82) is 5.26 Å². The van der Waals surface area contributed by atoms with Crippen LogP contribution in [-0.2, 0) is 16.0 Å². The Morgan fingerprint density at radius 2 is 1.86 bits per heavy atom. The topological polar surface area (TPSA) is 83.3 Å². The van der Waals surface area contributed by atoms with Crippen molar-refractivity contribution in [2.75, 3.05) is 18.1 Å². The van der Waals surface area contributed by atoms with Gasteiger partial charge in [-0.05, 0) is 24.1 Å². The lowest BCUT2D eigenvalue weighted by atomic mass is 10.1. The highest BCUT2D eigenvalue weighted by Crippen LogP contribution is 2.24. The molecule has 1 amide bonds. The number of amides is 1. The van der Waals surface area contributed by atoms with Gasteiger partial charge in [-0.1, -0.05) is 49.4 Å². The van der Waals surface area contributed by atoms with Gasteiger partial charge in [-0.15, -0.1) is 11.3 Å². The second-order valence-electron chi connectivity index (χ2n) is 6.14. The lowest BCUT2D eigenvalue weighted by molar-refractivity contribution is -0.121. The summed E-state index contributed by atoms with van der Waals surface area (Å²) < 4.78 is 5.13. The third kappa shape index (κ3) is 5.06. The quantitative estimate of drug-likeness (QED) is 0.437.